The van der Waals surface area contributed by atoms with Gasteiger partial charge in [-0.3, -0.25) is 4.79 Å². The number of nitrogens with one attached hydrogen (secondary N) is 1. The number of pyridine rings is 1. The van der Waals surface area contributed by atoms with Crippen molar-refractivity contribution in [1.82, 2.24) is 4.98 Å². The molecule has 1 rings (SSSR count). The van der Waals surface area contributed by atoms with Crippen LogP contribution in [0.1, 0.15) is 17.7 Å². The molecule has 6 heteroatoms. The Morgan fingerprint density at radius 2 is 2.23 bits per heavy atom. The van der Waals surface area contributed by atoms with E-state index in [-0.39, 0.29) is 17.3 Å². The van der Waals surface area contributed by atoms with Crippen LogP contribution in [0.15, 0.2) is 10.9 Å². The molecule has 0 saturated carbocycles. The van der Waals surface area contributed by atoms with Gasteiger partial charge in [-0.05, 0) is 0 Å². The first-order valence-corrected chi connectivity index (χ1v) is 3.84. The van der Waals surface area contributed by atoms with Gasteiger partial charge in [-0.2, -0.15) is 0 Å². The molecular weight excluding hydrogens is 202 g/mol. The Morgan fingerprint density at radius 1 is 1.62 bits per heavy atom. The van der Waals surface area contributed by atoms with Crippen LogP contribution in [-0.2, 0) is 6.54 Å². The number of aromatic amines is 1. The first kappa shape index (κ1) is 10.1. The molecule has 0 amide bonds. The molecular formula is C7H7ClF2N2O. The van der Waals surface area contributed by atoms with E-state index in [9.17, 15) is 13.6 Å². The topological polar surface area (TPSA) is 58.9 Å². The summed E-state index contributed by atoms with van der Waals surface area (Å²) in [4.78, 5) is 13.3. The van der Waals surface area contributed by atoms with Crippen molar-refractivity contribution < 1.29 is 8.78 Å². The number of hydrogen-bond donors (Lipinski definition) is 2. The smallest absolute Gasteiger partial charge is 0.278 e. The summed E-state index contributed by atoms with van der Waals surface area (Å²) in [6.07, 6.45) is -2.74. The number of nitrogens with two attached hydrogens (primary N) is 1. The lowest BCUT2D eigenvalue weighted by Gasteiger charge is -2.03. The lowest BCUT2D eigenvalue weighted by Crippen LogP contribution is -2.15. The average molecular weight is 209 g/mol. The Balaban J connectivity index is 3.29. The third-order valence-electron chi connectivity index (χ3n) is 1.54. The molecule has 0 saturated heterocycles. The van der Waals surface area contributed by atoms with Crippen LogP contribution in [0.3, 0.4) is 0 Å². The lowest BCUT2D eigenvalue weighted by atomic mass is 10.2. The van der Waals surface area contributed by atoms with Gasteiger partial charge in [0.25, 0.3) is 6.43 Å². The van der Waals surface area contributed by atoms with E-state index in [1.807, 2.05) is 0 Å². The zero-order valence-electron chi connectivity index (χ0n) is 6.48. The molecule has 0 radical (unpaired) electrons. The normalized spacial score (nSPS) is 10.8. The zero-order valence-corrected chi connectivity index (χ0v) is 7.24. The Morgan fingerprint density at radius 3 is 2.62 bits per heavy atom. The largest absolute Gasteiger partial charge is 0.344 e. The van der Waals surface area contributed by atoms with E-state index in [1.165, 1.54) is 0 Å². The first-order valence-electron chi connectivity index (χ1n) is 3.46. The highest BCUT2D eigenvalue weighted by Crippen LogP contribution is 2.17. The van der Waals surface area contributed by atoms with Gasteiger partial charge >= 0.3 is 0 Å². The van der Waals surface area contributed by atoms with Crippen LogP contribution in [-0.4, -0.2) is 4.98 Å². The highest BCUT2D eigenvalue weighted by Gasteiger charge is 2.12. The second-order valence-corrected chi connectivity index (χ2v) is 2.76. The molecule has 72 valence electrons. The molecule has 0 atom stereocenters. The summed E-state index contributed by atoms with van der Waals surface area (Å²) < 4.78 is 24.2. The van der Waals surface area contributed by atoms with Crippen LogP contribution in [0.25, 0.3) is 0 Å². The third-order valence-corrected chi connectivity index (χ3v) is 1.86. The van der Waals surface area contributed by atoms with E-state index in [0.29, 0.717) is 0 Å². The minimum absolute atomic E-state index is 0.0717. The van der Waals surface area contributed by atoms with E-state index in [4.69, 9.17) is 17.3 Å². The molecule has 0 aromatic carbocycles. The predicted molar refractivity (Wildman–Crippen MR) is 44.9 cm³/mol. The number of alkyl halides is 2. The van der Waals surface area contributed by atoms with Crippen molar-refractivity contribution in [2.45, 2.75) is 13.0 Å². The van der Waals surface area contributed by atoms with E-state index >= 15 is 0 Å². The summed E-state index contributed by atoms with van der Waals surface area (Å²) in [6.45, 7) is -0.0717. The van der Waals surface area contributed by atoms with Crippen LogP contribution in [0.5, 0.6) is 0 Å². The number of H-pyrrole nitrogens is 1. The average Bonchev–Trinajstić information content (AvgIpc) is 2.03. The molecule has 13 heavy (non-hydrogen) atoms. The van der Waals surface area contributed by atoms with Crippen LogP contribution < -0.4 is 11.2 Å². The second-order valence-electron chi connectivity index (χ2n) is 2.39. The molecule has 0 fully saturated rings. The number of halogens is 3. The standard InChI is InChI=1S/C7H7ClF2N2O/c8-6-3(2-11)5(13)1-4(12-6)7(9)10/h1,7H,2,11H2,(H,12,13). The maximum Gasteiger partial charge on any atom is 0.278 e. The molecule has 3 N–H and O–H groups in total. The minimum atomic E-state index is -2.74. The minimum Gasteiger partial charge on any atom is -0.344 e. The highest BCUT2D eigenvalue weighted by atomic mass is 35.5. The van der Waals surface area contributed by atoms with Crippen molar-refractivity contribution in [3.8, 4) is 0 Å². The monoisotopic (exact) mass is 208 g/mol. The maximum absolute atomic E-state index is 12.1. The highest BCUT2D eigenvalue weighted by molar-refractivity contribution is 6.30. The first-order chi connectivity index (χ1) is 6.06. The van der Waals surface area contributed by atoms with E-state index in [0.717, 1.165) is 6.07 Å². The third kappa shape index (κ3) is 2.05. The fourth-order valence-corrected chi connectivity index (χ4v) is 1.16. The number of hydrogen-bond acceptors (Lipinski definition) is 2. The van der Waals surface area contributed by atoms with E-state index < -0.39 is 17.5 Å². The van der Waals surface area contributed by atoms with Gasteiger partial charge in [0.1, 0.15) is 5.15 Å². The predicted octanol–water partition coefficient (Wildman–Crippen LogP) is 1.42. The summed E-state index contributed by atoms with van der Waals surface area (Å²) in [7, 11) is 0. The molecule has 0 unspecified atom stereocenters. The van der Waals surface area contributed by atoms with Gasteiger partial charge in [0.05, 0.1) is 5.69 Å². The Labute approximate surface area is 77.5 Å². The molecule has 0 aliphatic rings. The van der Waals surface area contributed by atoms with Crippen molar-refractivity contribution in [2.24, 2.45) is 5.73 Å². The summed E-state index contributed by atoms with van der Waals surface area (Å²) in [5.41, 5.74) is 4.24. The van der Waals surface area contributed by atoms with E-state index in [2.05, 4.69) is 4.98 Å². The van der Waals surface area contributed by atoms with Crippen molar-refractivity contribution in [2.75, 3.05) is 0 Å². The molecule has 0 aliphatic heterocycles. The maximum atomic E-state index is 12.1. The summed E-state index contributed by atoms with van der Waals surface area (Å²) in [5, 5.41) is -0.120. The van der Waals surface area contributed by atoms with Gasteiger partial charge in [-0.15, -0.1) is 0 Å². The zero-order chi connectivity index (χ0) is 10.0. The Bertz CT molecular complexity index is 364. The van der Waals surface area contributed by atoms with Gasteiger partial charge in [0.15, 0.2) is 5.43 Å². The molecule has 1 heterocycles. The summed E-state index contributed by atoms with van der Waals surface area (Å²) >= 11 is 5.51. The molecule has 3 nitrogen and oxygen atoms in total. The van der Waals surface area contributed by atoms with Gasteiger partial charge in [0.2, 0.25) is 0 Å². The summed E-state index contributed by atoms with van der Waals surface area (Å²) in [5.74, 6) is 0. The molecule has 1 aromatic heterocycles. The molecule has 1 aromatic rings. The van der Waals surface area contributed by atoms with Crippen LogP contribution in [0.4, 0.5) is 8.78 Å². The van der Waals surface area contributed by atoms with Crippen molar-refractivity contribution >= 4 is 11.6 Å². The fourth-order valence-electron chi connectivity index (χ4n) is 0.883. The number of aromatic nitrogens is 1. The molecule has 0 spiro atoms. The number of rotatable bonds is 2. The molecule has 0 bridgehead atoms. The van der Waals surface area contributed by atoms with Gasteiger partial charge in [-0.25, -0.2) is 8.78 Å². The van der Waals surface area contributed by atoms with Gasteiger partial charge in [0, 0.05) is 18.2 Å². The SMILES string of the molecule is NCc1c(Cl)[nH]c(C(F)F)cc1=O. The lowest BCUT2D eigenvalue weighted by molar-refractivity contribution is 0.146. The Hall–Kier alpha value is -0.940. The van der Waals surface area contributed by atoms with Crippen LogP contribution in [0.2, 0.25) is 5.15 Å². The van der Waals surface area contributed by atoms with Gasteiger partial charge in [-0.1, -0.05) is 11.6 Å². The van der Waals surface area contributed by atoms with E-state index in [1.54, 1.807) is 0 Å². The second kappa shape index (κ2) is 3.85. The van der Waals surface area contributed by atoms with Crippen LogP contribution in [0, 0.1) is 0 Å². The van der Waals surface area contributed by atoms with Crippen molar-refractivity contribution in [3.63, 3.8) is 0 Å². The Kier molecular flexibility index (Phi) is 3.00. The van der Waals surface area contributed by atoms with Crippen molar-refractivity contribution in [1.29, 1.82) is 0 Å². The fraction of sp³-hybridized carbons (Fsp3) is 0.286. The van der Waals surface area contributed by atoms with Crippen molar-refractivity contribution in [3.05, 3.63) is 32.7 Å². The van der Waals surface area contributed by atoms with Gasteiger partial charge < -0.3 is 10.7 Å². The summed E-state index contributed by atoms with van der Waals surface area (Å²) in [6, 6.07) is 0.804. The quantitative estimate of drug-likeness (QED) is 0.723. The molecule has 0 aliphatic carbocycles. The van der Waals surface area contributed by atoms with Crippen LogP contribution >= 0.6 is 11.6 Å².